The highest BCUT2D eigenvalue weighted by molar-refractivity contribution is 5.96. The van der Waals surface area contributed by atoms with Gasteiger partial charge in [-0.05, 0) is 25.1 Å². The van der Waals surface area contributed by atoms with Crippen LogP contribution >= 0.6 is 0 Å². The van der Waals surface area contributed by atoms with Crippen LogP contribution in [0.2, 0.25) is 0 Å². The Kier molecular flexibility index (Phi) is 2.11. The fourth-order valence-corrected chi connectivity index (χ4v) is 1.82. The van der Waals surface area contributed by atoms with Crippen molar-refractivity contribution >= 4 is 11.6 Å². The molecule has 1 aliphatic heterocycles. The van der Waals surface area contributed by atoms with E-state index in [1.807, 2.05) is 25.1 Å². The summed E-state index contributed by atoms with van der Waals surface area (Å²) < 4.78 is 5.29. The van der Waals surface area contributed by atoms with Crippen molar-refractivity contribution in [3.63, 3.8) is 0 Å². The van der Waals surface area contributed by atoms with Crippen molar-refractivity contribution in [1.29, 1.82) is 0 Å². The predicted molar refractivity (Wildman–Crippen MR) is 62.9 cm³/mol. The number of amides is 1. The van der Waals surface area contributed by atoms with Gasteiger partial charge in [0.2, 0.25) is 0 Å². The second-order valence-electron chi connectivity index (χ2n) is 3.93. The van der Waals surface area contributed by atoms with Gasteiger partial charge in [-0.15, -0.1) is 0 Å². The Balaban J connectivity index is 2.03. The zero-order valence-corrected chi connectivity index (χ0v) is 9.28. The predicted octanol–water partition coefficient (Wildman–Crippen LogP) is 1.72. The molecule has 1 amide bonds. The number of fused-ring (bicyclic) bond motifs is 1. The fourth-order valence-electron chi connectivity index (χ4n) is 1.82. The number of nitrogens with one attached hydrogen (secondary N) is 2. The van der Waals surface area contributed by atoms with Gasteiger partial charge >= 0.3 is 0 Å². The molecular formula is C12H11N3O2. The number of ether oxygens (including phenoxy) is 1. The van der Waals surface area contributed by atoms with E-state index in [9.17, 15) is 4.79 Å². The van der Waals surface area contributed by atoms with Gasteiger partial charge in [0.15, 0.2) is 6.61 Å². The zero-order chi connectivity index (χ0) is 11.8. The van der Waals surface area contributed by atoms with Gasteiger partial charge in [-0.25, -0.2) is 4.98 Å². The summed E-state index contributed by atoms with van der Waals surface area (Å²) >= 11 is 0. The molecule has 2 aromatic rings. The average molecular weight is 229 g/mol. The topological polar surface area (TPSA) is 67.0 Å². The number of benzene rings is 1. The Morgan fingerprint density at radius 2 is 2.29 bits per heavy atom. The molecule has 0 unspecified atom stereocenters. The maximum Gasteiger partial charge on any atom is 0.262 e. The second-order valence-corrected chi connectivity index (χ2v) is 3.93. The summed E-state index contributed by atoms with van der Waals surface area (Å²) in [5.41, 5.74) is 2.59. The molecule has 86 valence electrons. The van der Waals surface area contributed by atoms with Crippen LogP contribution in [0.15, 0.2) is 24.4 Å². The monoisotopic (exact) mass is 229 g/mol. The third kappa shape index (κ3) is 1.75. The summed E-state index contributed by atoms with van der Waals surface area (Å²) in [4.78, 5) is 18.5. The highest BCUT2D eigenvalue weighted by Crippen LogP contribution is 2.31. The largest absolute Gasteiger partial charge is 0.482 e. The van der Waals surface area contributed by atoms with Crippen LogP contribution in [0.25, 0.3) is 11.3 Å². The minimum atomic E-state index is -0.129. The molecule has 5 nitrogen and oxygen atoms in total. The van der Waals surface area contributed by atoms with Crippen LogP contribution in [-0.4, -0.2) is 22.5 Å². The van der Waals surface area contributed by atoms with E-state index in [0.29, 0.717) is 11.4 Å². The van der Waals surface area contributed by atoms with E-state index in [0.717, 1.165) is 17.1 Å². The number of aromatic nitrogens is 2. The Bertz CT molecular complexity index is 589. The first-order valence-corrected chi connectivity index (χ1v) is 5.31. The molecule has 1 aromatic heterocycles. The lowest BCUT2D eigenvalue weighted by Crippen LogP contribution is -2.25. The number of hydrogen-bond acceptors (Lipinski definition) is 3. The van der Waals surface area contributed by atoms with E-state index >= 15 is 0 Å². The van der Waals surface area contributed by atoms with Crippen molar-refractivity contribution in [2.45, 2.75) is 6.92 Å². The van der Waals surface area contributed by atoms with Crippen molar-refractivity contribution in [2.24, 2.45) is 0 Å². The molecular weight excluding hydrogens is 218 g/mol. The lowest BCUT2D eigenvalue weighted by Gasteiger charge is -2.18. The first-order chi connectivity index (χ1) is 8.22. The van der Waals surface area contributed by atoms with Crippen LogP contribution in [-0.2, 0) is 4.79 Å². The molecule has 3 rings (SSSR count). The number of imidazole rings is 1. The summed E-state index contributed by atoms with van der Waals surface area (Å²) in [5, 5.41) is 2.78. The second kappa shape index (κ2) is 3.62. The maximum atomic E-state index is 11.2. The number of hydrogen-bond donors (Lipinski definition) is 2. The number of anilines is 1. The number of aryl methyl sites for hydroxylation is 1. The SMILES string of the molecule is Cc1ncc(-c2ccc3c(c2)NC(=O)CO3)[nH]1. The molecule has 2 heterocycles. The van der Waals surface area contributed by atoms with Crippen LogP contribution in [0.5, 0.6) is 5.75 Å². The van der Waals surface area contributed by atoms with Gasteiger partial charge in [-0.2, -0.15) is 0 Å². The van der Waals surface area contributed by atoms with Crippen molar-refractivity contribution < 1.29 is 9.53 Å². The Hall–Kier alpha value is -2.30. The molecule has 1 aromatic carbocycles. The molecule has 0 saturated carbocycles. The Morgan fingerprint density at radius 3 is 3.06 bits per heavy atom. The highest BCUT2D eigenvalue weighted by Gasteiger charge is 2.16. The van der Waals surface area contributed by atoms with Gasteiger partial charge in [-0.3, -0.25) is 4.79 Å². The van der Waals surface area contributed by atoms with Crippen molar-refractivity contribution in [2.75, 3.05) is 11.9 Å². The molecule has 1 aliphatic rings. The highest BCUT2D eigenvalue weighted by atomic mass is 16.5. The van der Waals surface area contributed by atoms with E-state index in [4.69, 9.17) is 4.74 Å². The average Bonchev–Trinajstić information content (AvgIpc) is 2.75. The summed E-state index contributed by atoms with van der Waals surface area (Å²) in [6, 6.07) is 5.66. The van der Waals surface area contributed by atoms with Crippen LogP contribution < -0.4 is 10.1 Å². The molecule has 17 heavy (non-hydrogen) atoms. The Labute approximate surface area is 97.8 Å². The van der Waals surface area contributed by atoms with E-state index in [-0.39, 0.29) is 12.5 Å². The van der Waals surface area contributed by atoms with Gasteiger partial charge in [0.05, 0.1) is 17.6 Å². The number of carbonyl (C=O) groups is 1. The quantitative estimate of drug-likeness (QED) is 0.782. The number of rotatable bonds is 1. The standard InChI is InChI=1S/C12H11N3O2/c1-7-13-5-10(14-7)8-2-3-11-9(4-8)15-12(16)6-17-11/h2-5H,6H2,1H3,(H,13,14)(H,15,16). The molecule has 0 bridgehead atoms. The van der Waals surface area contributed by atoms with E-state index in [1.165, 1.54) is 0 Å². The van der Waals surface area contributed by atoms with E-state index in [2.05, 4.69) is 15.3 Å². The molecule has 0 spiro atoms. The zero-order valence-electron chi connectivity index (χ0n) is 9.28. The molecule has 0 fully saturated rings. The summed E-state index contributed by atoms with van der Waals surface area (Å²) in [7, 11) is 0. The normalized spacial score (nSPS) is 13.8. The molecule has 0 atom stereocenters. The fraction of sp³-hybridized carbons (Fsp3) is 0.167. The number of H-pyrrole nitrogens is 1. The third-order valence-electron chi connectivity index (χ3n) is 2.63. The van der Waals surface area contributed by atoms with Gasteiger partial charge in [0.1, 0.15) is 11.6 Å². The molecule has 0 saturated heterocycles. The summed E-state index contributed by atoms with van der Waals surface area (Å²) in [6.07, 6.45) is 1.77. The van der Waals surface area contributed by atoms with Crippen LogP contribution in [0.3, 0.4) is 0 Å². The summed E-state index contributed by atoms with van der Waals surface area (Å²) in [6.45, 7) is 1.97. The maximum absolute atomic E-state index is 11.2. The van der Waals surface area contributed by atoms with Crippen LogP contribution in [0.1, 0.15) is 5.82 Å². The van der Waals surface area contributed by atoms with Gasteiger partial charge in [-0.1, -0.05) is 0 Å². The van der Waals surface area contributed by atoms with E-state index in [1.54, 1.807) is 6.20 Å². The molecule has 0 aliphatic carbocycles. The summed E-state index contributed by atoms with van der Waals surface area (Å²) in [5.74, 6) is 1.43. The minimum Gasteiger partial charge on any atom is -0.482 e. The molecule has 5 heteroatoms. The smallest absolute Gasteiger partial charge is 0.262 e. The van der Waals surface area contributed by atoms with Gasteiger partial charge < -0.3 is 15.0 Å². The molecule has 2 N–H and O–H groups in total. The first kappa shape index (κ1) is 9.89. The Morgan fingerprint density at radius 1 is 1.41 bits per heavy atom. The van der Waals surface area contributed by atoms with E-state index < -0.39 is 0 Å². The molecule has 0 radical (unpaired) electrons. The van der Waals surface area contributed by atoms with Crippen molar-refractivity contribution in [1.82, 2.24) is 9.97 Å². The minimum absolute atomic E-state index is 0.0789. The van der Waals surface area contributed by atoms with Crippen LogP contribution in [0.4, 0.5) is 5.69 Å². The lowest BCUT2D eigenvalue weighted by atomic mass is 10.1. The van der Waals surface area contributed by atoms with Gasteiger partial charge in [0.25, 0.3) is 5.91 Å². The lowest BCUT2D eigenvalue weighted by molar-refractivity contribution is -0.118. The van der Waals surface area contributed by atoms with Crippen molar-refractivity contribution in [3.8, 4) is 17.0 Å². The van der Waals surface area contributed by atoms with Crippen LogP contribution in [0, 0.1) is 6.92 Å². The number of carbonyl (C=O) groups excluding carboxylic acids is 1. The van der Waals surface area contributed by atoms with Gasteiger partial charge in [0, 0.05) is 5.56 Å². The van der Waals surface area contributed by atoms with Crippen molar-refractivity contribution in [3.05, 3.63) is 30.2 Å². The number of nitrogens with zero attached hydrogens (tertiary/aromatic N) is 1. The first-order valence-electron chi connectivity index (χ1n) is 5.31. The number of aromatic amines is 1. The third-order valence-corrected chi connectivity index (χ3v) is 2.63.